The van der Waals surface area contributed by atoms with Gasteiger partial charge in [0, 0.05) is 10.5 Å². The van der Waals surface area contributed by atoms with Crippen LogP contribution in [0.2, 0.25) is 0 Å². The van der Waals surface area contributed by atoms with E-state index in [2.05, 4.69) is 59.4 Å². The van der Waals surface area contributed by atoms with Crippen LogP contribution in [0.15, 0.2) is 28.7 Å². The van der Waals surface area contributed by atoms with Crippen LogP contribution in [-0.2, 0) is 6.42 Å². The second kappa shape index (κ2) is 6.72. The highest BCUT2D eigenvalue weighted by Crippen LogP contribution is 2.24. The van der Waals surface area contributed by atoms with Crippen LogP contribution >= 0.6 is 15.9 Å². The van der Waals surface area contributed by atoms with E-state index in [4.69, 9.17) is 0 Å². The normalized spacial score (nSPS) is 17.1. The minimum absolute atomic E-state index is 0.754. The monoisotopic (exact) mass is 309 g/mol. The molecule has 0 saturated heterocycles. The Morgan fingerprint density at radius 2 is 2.00 bits per heavy atom. The molecule has 0 amide bonds. The first-order valence-corrected chi connectivity index (χ1v) is 7.91. The molecule has 1 saturated carbocycles. The Labute approximate surface area is 119 Å². The lowest BCUT2D eigenvalue weighted by molar-refractivity contribution is 0.383. The Morgan fingerprint density at radius 3 is 2.61 bits per heavy atom. The van der Waals surface area contributed by atoms with Crippen molar-refractivity contribution in [2.24, 2.45) is 11.8 Å². The molecule has 0 spiro atoms. The van der Waals surface area contributed by atoms with Gasteiger partial charge in [0.15, 0.2) is 0 Å². The van der Waals surface area contributed by atoms with Crippen molar-refractivity contribution in [3.05, 3.63) is 34.3 Å². The SMILES string of the molecule is CC(C)CC(CNC1CC1)Cc1ccccc1Br. The summed E-state index contributed by atoms with van der Waals surface area (Å²) in [6, 6.07) is 9.44. The predicted molar refractivity (Wildman–Crippen MR) is 81.8 cm³/mol. The summed E-state index contributed by atoms with van der Waals surface area (Å²) >= 11 is 3.66. The number of hydrogen-bond acceptors (Lipinski definition) is 1. The van der Waals surface area contributed by atoms with Crippen LogP contribution in [0, 0.1) is 11.8 Å². The van der Waals surface area contributed by atoms with E-state index < -0.39 is 0 Å². The van der Waals surface area contributed by atoms with Crippen molar-refractivity contribution >= 4 is 15.9 Å². The maximum atomic E-state index is 3.69. The molecule has 0 heterocycles. The van der Waals surface area contributed by atoms with Gasteiger partial charge in [0.1, 0.15) is 0 Å². The summed E-state index contributed by atoms with van der Waals surface area (Å²) in [5.74, 6) is 1.53. The quantitative estimate of drug-likeness (QED) is 0.787. The predicted octanol–water partition coefficient (Wildman–Crippen LogP) is 4.41. The zero-order valence-electron chi connectivity index (χ0n) is 11.5. The Hall–Kier alpha value is -0.340. The summed E-state index contributed by atoms with van der Waals surface area (Å²) < 4.78 is 1.25. The highest BCUT2D eigenvalue weighted by atomic mass is 79.9. The van der Waals surface area contributed by atoms with Gasteiger partial charge in [-0.1, -0.05) is 48.0 Å². The molecule has 18 heavy (non-hydrogen) atoms. The van der Waals surface area contributed by atoms with Crippen molar-refractivity contribution in [2.45, 2.75) is 45.6 Å². The van der Waals surface area contributed by atoms with Gasteiger partial charge in [0.05, 0.1) is 0 Å². The van der Waals surface area contributed by atoms with E-state index in [1.807, 2.05) is 0 Å². The molecule has 0 bridgehead atoms. The van der Waals surface area contributed by atoms with Crippen molar-refractivity contribution in [1.82, 2.24) is 5.32 Å². The van der Waals surface area contributed by atoms with E-state index in [-0.39, 0.29) is 0 Å². The smallest absolute Gasteiger partial charge is 0.0207 e. The first kappa shape index (κ1) is 14.1. The molecule has 1 aromatic rings. The Balaban J connectivity index is 1.92. The molecular formula is C16H24BrN. The van der Waals surface area contributed by atoms with Gasteiger partial charge in [0.25, 0.3) is 0 Å². The van der Waals surface area contributed by atoms with Crippen LogP contribution in [0.25, 0.3) is 0 Å². The van der Waals surface area contributed by atoms with Gasteiger partial charge in [-0.25, -0.2) is 0 Å². The number of rotatable bonds is 7. The largest absolute Gasteiger partial charge is 0.314 e. The van der Waals surface area contributed by atoms with Crippen molar-refractivity contribution in [1.29, 1.82) is 0 Å². The number of nitrogens with one attached hydrogen (secondary N) is 1. The summed E-state index contributed by atoms with van der Waals surface area (Å²) in [6.07, 6.45) is 5.24. The lowest BCUT2D eigenvalue weighted by atomic mass is 9.91. The molecule has 1 nitrogen and oxygen atoms in total. The van der Waals surface area contributed by atoms with Gasteiger partial charge < -0.3 is 5.32 Å². The maximum Gasteiger partial charge on any atom is 0.0207 e. The summed E-state index contributed by atoms with van der Waals surface area (Å²) in [6.45, 7) is 5.82. The fourth-order valence-electron chi connectivity index (χ4n) is 2.50. The highest BCUT2D eigenvalue weighted by molar-refractivity contribution is 9.10. The fraction of sp³-hybridized carbons (Fsp3) is 0.625. The van der Waals surface area contributed by atoms with E-state index in [0.717, 1.165) is 17.9 Å². The summed E-state index contributed by atoms with van der Waals surface area (Å²) in [4.78, 5) is 0. The average molecular weight is 310 g/mol. The molecule has 1 fully saturated rings. The molecule has 0 aliphatic heterocycles. The molecule has 0 aromatic heterocycles. The third kappa shape index (κ3) is 4.74. The second-order valence-electron chi connectivity index (χ2n) is 5.97. The van der Waals surface area contributed by atoms with Gasteiger partial charge in [0.2, 0.25) is 0 Å². The summed E-state index contributed by atoms with van der Waals surface area (Å²) in [5.41, 5.74) is 1.45. The van der Waals surface area contributed by atoms with Gasteiger partial charge in [-0.3, -0.25) is 0 Å². The van der Waals surface area contributed by atoms with Crippen molar-refractivity contribution in [3.63, 3.8) is 0 Å². The summed E-state index contributed by atoms with van der Waals surface area (Å²) in [5, 5.41) is 3.69. The van der Waals surface area contributed by atoms with Crippen molar-refractivity contribution in [3.8, 4) is 0 Å². The molecule has 1 atom stereocenters. The lowest BCUT2D eigenvalue weighted by Crippen LogP contribution is -2.27. The topological polar surface area (TPSA) is 12.0 Å². The molecule has 1 N–H and O–H groups in total. The Bertz CT molecular complexity index is 371. The Morgan fingerprint density at radius 1 is 1.28 bits per heavy atom. The van der Waals surface area contributed by atoms with Crippen LogP contribution in [0.4, 0.5) is 0 Å². The van der Waals surface area contributed by atoms with Crippen LogP contribution in [-0.4, -0.2) is 12.6 Å². The number of halogens is 1. The molecule has 1 aromatic carbocycles. The Kier molecular flexibility index (Phi) is 5.25. The van der Waals surface area contributed by atoms with Crippen molar-refractivity contribution < 1.29 is 0 Å². The van der Waals surface area contributed by atoms with Crippen molar-refractivity contribution in [2.75, 3.05) is 6.54 Å². The standard InChI is InChI=1S/C16H24BrN/c1-12(2)9-13(11-18-15-7-8-15)10-14-5-3-4-6-16(14)17/h3-6,12-13,15,18H,7-11H2,1-2H3. The van der Waals surface area contributed by atoms with E-state index >= 15 is 0 Å². The van der Waals surface area contributed by atoms with E-state index in [1.54, 1.807) is 0 Å². The highest BCUT2D eigenvalue weighted by Gasteiger charge is 2.22. The molecule has 1 unspecified atom stereocenters. The molecule has 0 radical (unpaired) electrons. The van der Waals surface area contributed by atoms with Crippen LogP contribution in [0.1, 0.15) is 38.7 Å². The first-order valence-electron chi connectivity index (χ1n) is 7.12. The lowest BCUT2D eigenvalue weighted by Gasteiger charge is -2.20. The minimum Gasteiger partial charge on any atom is -0.314 e. The van der Waals surface area contributed by atoms with Crippen LogP contribution in [0.3, 0.4) is 0 Å². The number of hydrogen-bond donors (Lipinski definition) is 1. The van der Waals surface area contributed by atoms with Crippen LogP contribution < -0.4 is 5.32 Å². The van der Waals surface area contributed by atoms with E-state index in [1.165, 1.54) is 42.3 Å². The molecule has 100 valence electrons. The van der Waals surface area contributed by atoms with Gasteiger partial charge in [-0.15, -0.1) is 0 Å². The zero-order chi connectivity index (χ0) is 13.0. The molecular weight excluding hydrogens is 286 g/mol. The fourth-order valence-corrected chi connectivity index (χ4v) is 2.95. The van der Waals surface area contributed by atoms with Gasteiger partial charge in [-0.2, -0.15) is 0 Å². The van der Waals surface area contributed by atoms with Gasteiger partial charge in [-0.05, 0) is 55.7 Å². The van der Waals surface area contributed by atoms with Crippen LogP contribution in [0.5, 0.6) is 0 Å². The minimum atomic E-state index is 0.754. The molecule has 1 aliphatic rings. The molecule has 2 heteroatoms. The molecule has 2 rings (SSSR count). The summed E-state index contributed by atoms with van der Waals surface area (Å²) in [7, 11) is 0. The maximum absolute atomic E-state index is 3.69. The second-order valence-corrected chi connectivity index (χ2v) is 6.83. The van der Waals surface area contributed by atoms with E-state index in [0.29, 0.717) is 0 Å². The third-order valence-corrected chi connectivity index (χ3v) is 4.32. The zero-order valence-corrected chi connectivity index (χ0v) is 13.0. The van der Waals surface area contributed by atoms with Gasteiger partial charge >= 0.3 is 0 Å². The van der Waals surface area contributed by atoms with E-state index in [9.17, 15) is 0 Å². The first-order chi connectivity index (χ1) is 8.65. The molecule has 1 aliphatic carbocycles. The third-order valence-electron chi connectivity index (χ3n) is 3.54. The number of benzene rings is 1. The average Bonchev–Trinajstić information content (AvgIpc) is 3.12.